The molecule has 0 aliphatic heterocycles. The van der Waals surface area contributed by atoms with Crippen LogP contribution in [0.25, 0.3) is 0 Å². The molecule has 2 N–H and O–H groups in total. The van der Waals surface area contributed by atoms with Gasteiger partial charge in [0.25, 0.3) is 0 Å². The fourth-order valence-corrected chi connectivity index (χ4v) is 1.36. The fraction of sp³-hybridized carbons (Fsp3) is 0.857. The summed E-state index contributed by atoms with van der Waals surface area (Å²) in [5, 5.41) is 19.2. The van der Waals surface area contributed by atoms with Gasteiger partial charge in [-0.1, -0.05) is 39.5 Å². The van der Waals surface area contributed by atoms with Crippen molar-refractivity contribution < 1.29 is 10.2 Å². The first-order valence-corrected chi connectivity index (χ1v) is 6.14. The molecule has 0 saturated carbocycles. The molecule has 0 aliphatic rings. The summed E-state index contributed by atoms with van der Waals surface area (Å²) in [6.45, 7) is 12.0. The lowest BCUT2D eigenvalue weighted by molar-refractivity contribution is 0.117. The predicted molar refractivity (Wildman–Crippen MR) is 67.8 cm³/mol. The first-order valence-electron chi connectivity index (χ1n) is 6.14. The first-order chi connectivity index (χ1) is 7.27. The van der Waals surface area contributed by atoms with Gasteiger partial charge in [-0.25, -0.2) is 0 Å². The predicted octanol–water partition coefficient (Wildman–Crippen LogP) is 2.30. The number of hydrogen-bond donors (Lipinski definition) is 2. The topological polar surface area (TPSA) is 40.5 Å². The van der Waals surface area contributed by atoms with E-state index in [1.165, 1.54) is 0 Å². The third kappa shape index (κ3) is 5.01. The van der Waals surface area contributed by atoms with Crippen molar-refractivity contribution in [3.63, 3.8) is 0 Å². The van der Waals surface area contributed by atoms with E-state index in [9.17, 15) is 10.2 Å². The zero-order valence-corrected chi connectivity index (χ0v) is 11.4. The smallest absolute Gasteiger partial charge is 0.117 e. The summed E-state index contributed by atoms with van der Waals surface area (Å²) in [5.74, 6) is 6.80. The normalized spacial score (nSPS) is 20.6. The molecule has 5 atom stereocenters. The lowest BCUT2D eigenvalue weighted by Crippen LogP contribution is -2.26. The number of aliphatic hydroxyl groups excluding tert-OH is 2. The van der Waals surface area contributed by atoms with E-state index in [4.69, 9.17) is 0 Å². The summed E-state index contributed by atoms with van der Waals surface area (Å²) >= 11 is 0. The maximum atomic E-state index is 9.91. The molecule has 16 heavy (non-hydrogen) atoms. The standard InChI is InChI=1S/C14H26O2/c1-9(2)11(4)12(5)14(16)8-7-10(3)13(6)15/h9-16H,1-6H3/t10-,11+,12+,13+,14-/m0/s1. The molecule has 0 rings (SSSR count). The highest BCUT2D eigenvalue weighted by molar-refractivity contribution is 5.09. The van der Waals surface area contributed by atoms with E-state index in [0.717, 1.165) is 0 Å². The van der Waals surface area contributed by atoms with Gasteiger partial charge in [0.2, 0.25) is 0 Å². The van der Waals surface area contributed by atoms with Crippen LogP contribution in [0, 0.1) is 35.5 Å². The number of aliphatic hydroxyl groups is 2. The van der Waals surface area contributed by atoms with Crippen LogP contribution in [0.5, 0.6) is 0 Å². The molecule has 94 valence electrons. The van der Waals surface area contributed by atoms with E-state index in [2.05, 4.69) is 32.6 Å². The Labute approximate surface area is 100 Å². The highest BCUT2D eigenvalue weighted by Gasteiger charge is 2.21. The average molecular weight is 226 g/mol. The van der Waals surface area contributed by atoms with Crippen molar-refractivity contribution in [3.05, 3.63) is 0 Å². The van der Waals surface area contributed by atoms with Crippen LogP contribution in [-0.4, -0.2) is 22.4 Å². The molecule has 0 aromatic heterocycles. The Bertz CT molecular complexity index is 247. The van der Waals surface area contributed by atoms with Crippen LogP contribution in [-0.2, 0) is 0 Å². The van der Waals surface area contributed by atoms with Crippen molar-refractivity contribution >= 4 is 0 Å². The molecule has 0 radical (unpaired) electrons. The number of hydrogen-bond acceptors (Lipinski definition) is 2. The molecule has 0 aromatic carbocycles. The van der Waals surface area contributed by atoms with Crippen LogP contribution in [0.15, 0.2) is 0 Å². The second-order valence-corrected chi connectivity index (χ2v) is 5.23. The van der Waals surface area contributed by atoms with Crippen LogP contribution in [0.4, 0.5) is 0 Å². The summed E-state index contributed by atoms with van der Waals surface area (Å²) in [5.41, 5.74) is 0. The minimum absolute atomic E-state index is 0.0868. The van der Waals surface area contributed by atoms with E-state index in [-0.39, 0.29) is 11.8 Å². The van der Waals surface area contributed by atoms with Crippen molar-refractivity contribution in [2.24, 2.45) is 23.7 Å². The molecule has 0 bridgehead atoms. The van der Waals surface area contributed by atoms with Gasteiger partial charge in [-0.2, -0.15) is 0 Å². The molecule has 0 aromatic rings. The minimum Gasteiger partial charge on any atom is -0.392 e. The quantitative estimate of drug-likeness (QED) is 0.722. The van der Waals surface area contributed by atoms with Crippen molar-refractivity contribution in [2.75, 3.05) is 0 Å². The van der Waals surface area contributed by atoms with Crippen molar-refractivity contribution in [2.45, 2.75) is 53.8 Å². The average Bonchev–Trinajstić information content (AvgIpc) is 2.22. The van der Waals surface area contributed by atoms with E-state index >= 15 is 0 Å². The van der Waals surface area contributed by atoms with E-state index in [1.807, 2.05) is 13.8 Å². The summed E-state index contributed by atoms with van der Waals surface area (Å²) in [6, 6.07) is 0. The Morgan fingerprint density at radius 3 is 1.62 bits per heavy atom. The van der Waals surface area contributed by atoms with Gasteiger partial charge in [0.15, 0.2) is 0 Å². The zero-order chi connectivity index (χ0) is 12.9. The lowest BCUT2D eigenvalue weighted by Gasteiger charge is -2.25. The highest BCUT2D eigenvalue weighted by atomic mass is 16.3. The summed E-state index contributed by atoms with van der Waals surface area (Å²) < 4.78 is 0. The molecule has 0 heterocycles. The van der Waals surface area contributed by atoms with Crippen LogP contribution >= 0.6 is 0 Å². The zero-order valence-electron chi connectivity index (χ0n) is 11.4. The third-order valence-electron chi connectivity index (χ3n) is 3.56. The Balaban J connectivity index is 4.40. The van der Waals surface area contributed by atoms with E-state index < -0.39 is 12.2 Å². The minimum atomic E-state index is -0.599. The van der Waals surface area contributed by atoms with Gasteiger partial charge in [0, 0.05) is 5.92 Å². The highest BCUT2D eigenvalue weighted by Crippen LogP contribution is 2.22. The molecule has 0 unspecified atom stereocenters. The van der Waals surface area contributed by atoms with Gasteiger partial charge in [-0.3, -0.25) is 0 Å². The molecular formula is C14H26O2. The van der Waals surface area contributed by atoms with Crippen LogP contribution in [0.1, 0.15) is 41.5 Å². The van der Waals surface area contributed by atoms with Crippen LogP contribution in [0.2, 0.25) is 0 Å². The maximum Gasteiger partial charge on any atom is 0.117 e. The van der Waals surface area contributed by atoms with Crippen molar-refractivity contribution in [1.82, 2.24) is 0 Å². The van der Waals surface area contributed by atoms with Crippen LogP contribution in [0.3, 0.4) is 0 Å². The van der Waals surface area contributed by atoms with Gasteiger partial charge in [-0.15, -0.1) is 0 Å². The molecular weight excluding hydrogens is 200 g/mol. The summed E-state index contributed by atoms with van der Waals surface area (Å²) in [7, 11) is 0. The van der Waals surface area contributed by atoms with Crippen molar-refractivity contribution in [1.29, 1.82) is 0 Å². The molecule has 2 nitrogen and oxygen atoms in total. The molecule has 0 spiro atoms. The molecule has 0 aliphatic carbocycles. The fourth-order valence-electron chi connectivity index (χ4n) is 1.36. The summed E-state index contributed by atoms with van der Waals surface area (Å²) in [6.07, 6.45) is -1.05. The Morgan fingerprint density at radius 1 is 0.750 bits per heavy atom. The van der Waals surface area contributed by atoms with E-state index in [0.29, 0.717) is 11.8 Å². The van der Waals surface area contributed by atoms with Crippen LogP contribution < -0.4 is 0 Å². The molecule has 0 amide bonds. The van der Waals surface area contributed by atoms with Crippen molar-refractivity contribution in [3.8, 4) is 11.8 Å². The van der Waals surface area contributed by atoms with Gasteiger partial charge < -0.3 is 10.2 Å². The second kappa shape index (κ2) is 6.93. The second-order valence-electron chi connectivity index (χ2n) is 5.23. The maximum absolute atomic E-state index is 9.91. The molecule has 2 heteroatoms. The monoisotopic (exact) mass is 226 g/mol. The first kappa shape index (κ1) is 15.5. The van der Waals surface area contributed by atoms with Gasteiger partial charge in [0.1, 0.15) is 6.10 Å². The van der Waals surface area contributed by atoms with Gasteiger partial charge in [-0.05, 0) is 31.6 Å². The largest absolute Gasteiger partial charge is 0.392 e. The van der Waals surface area contributed by atoms with E-state index in [1.54, 1.807) is 6.92 Å². The molecule has 0 saturated heterocycles. The Kier molecular flexibility index (Phi) is 6.71. The SMILES string of the molecule is CC(C)[C@@H](C)[C@@H](C)[C@@H](O)C#C[C@H](C)[C@@H](C)O. The van der Waals surface area contributed by atoms with Gasteiger partial charge >= 0.3 is 0 Å². The third-order valence-corrected chi connectivity index (χ3v) is 3.56. The Morgan fingerprint density at radius 2 is 1.25 bits per heavy atom. The Hall–Kier alpha value is -0.520. The summed E-state index contributed by atoms with van der Waals surface area (Å²) in [4.78, 5) is 0. The van der Waals surface area contributed by atoms with Gasteiger partial charge in [0.05, 0.1) is 6.10 Å². The lowest BCUT2D eigenvalue weighted by atomic mass is 9.83. The molecule has 0 fully saturated rings. The number of rotatable bonds is 4.